The zero-order valence-electron chi connectivity index (χ0n) is 15.1. The number of anilines is 1. The largest absolute Gasteiger partial charge is 0.478 e. The van der Waals surface area contributed by atoms with E-state index >= 15 is 0 Å². The first-order valence-electron chi connectivity index (χ1n) is 8.65. The minimum atomic E-state index is -4.46. The Hall–Kier alpha value is -3.26. The Kier molecular flexibility index (Phi) is 5.93. The molecule has 0 aliphatic rings. The van der Waals surface area contributed by atoms with Crippen LogP contribution in [-0.4, -0.2) is 19.5 Å². The first kappa shape index (κ1) is 20.5. The molecule has 8 heteroatoms. The molecular formula is C21H17F2NO4S. The lowest BCUT2D eigenvalue weighted by atomic mass is 10.0. The van der Waals surface area contributed by atoms with E-state index in [9.17, 15) is 22.0 Å². The van der Waals surface area contributed by atoms with Crippen molar-refractivity contribution in [1.82, 2.24) is 0 Å². The van der Waals surface area contributed by atoms with Crippen LogP contribution in [0.2, 0.25) is 0 Å². The SMILES string of the molecule is O=C(O)c1ccc(CCc2ccccc2NS(=O)(=O)c2c(F)cccc2F)cc1. The standard InChI is InChI=1S/C21H17F2NO4S/c22-17-5-3-6-18(23)20(17)29(27,28)24-19-7-2-1-4-15(19)11-8-14-9-12-16(13-10-14)21(25)26/h1-7,9-10,12-13,24H,8,11H2,(H,25,26). The molecule has 0 aromatic heterocycles. The van der Waals surface area contributed by atoms with Gasteiger partial charge in [-0.3, -0.25) is 4.72 Å². The third-order valence-corrected chi connectivity index (χ3v) is 5.75. The summed E-state index contributed by atoms with van der Waals surface area (Å²) in [5.74, 6) is -3.36. The predicted molar refractivity (Wildman–Crippen MR) is 104 cm³/mol. The van der Waals surface area contributed by atoms with Gasteiger partial charge in [0.05, 0.1) is 11.3 Å². The number of nitrogens with one attached hydrogen (secondary N) is 1. The normalized spacial score (nSPS) is 11.2. The van der Waals surface area contributed by atoms with E-state index in [0.717, 1.165) is 23.8 Å². The number of aryl methyl sites for hydroxylation is 2. The molecule has 3 aromatic rings. The van der Waals surface area contributed by atoms with E-state index in [2.05, 4.69) is 4.72 Å². The lowest BCUT2D eigenvalue weighted by molar-refractivity contribution is 0.0697. The van der Waals surface area contributed by atoms with E-state index in [4.69, 9.17) is 5.11 Å². The average Bonchev–Trinajstić information content (AvgIpc) is 2.67. The predicted octanol–water partition coefficient (Wildman–Crippen LogP) is 4.25. The number of hydrogen-bond donors (Lipinski definition) is 2. The molecule has 0 spiro atoms. The number of rotatable bonds is 7. The zero-order chi connectivity index (χ0) is 21.0. The number of para-hydroxylation sites is 1. The Morgan fingerprint density at radius 2 is 1.48 bits per heavy atom. The van der Waals surface area contributed by atoms with Crippen molar-refractivity contribution < 1.29 is 27.1 Å². The van der Waals surface area contributed by atoms with E-state index in [1.165, 1.54) is 18.2 Å². The molecule has 5 nitrogen and oxygen atoms in total. The number of carboxylic acid groups (broad SMARTS) is 1. The fraction of sp³-hybridized carbons (Fsp3) is 0.0952. The van der Waals surface area contributed by atoms with Gasteiger partial charge >= 0.3 is 5.97 Å². The van der Waals surface area contributed by atoms with E-state index in [-0.39, 0.29) is 11.3 Å². The molecule has 0 heterocycles. The first-order valence-corrected chi connectivity index (χ1v) is 10.1. The molecule has 3 aromatic carbocycles. The van der Waals surface area contributed by atoms with Gasteiger partial charge in [0.15, 0.2) is 4.90 Å². The van der Waals surface area contributed by atoms with Crippen LogP contribution in [0.5, 0.6) is 0 Å². The summed E-state index contributed by atoms with van der Waals surface area (Å²) in [6.07, 6.45) is 0.956. The summed E-state index contributed by atoms with van der Waals surface area (Å²) in [6, 6.07) is 15.8. The van der Waals surface area contributed by atoms with Gasteiger partial charge in [-0.05, 0) is 54.3 Å². The Labute approximate surface area is 166 Å². The second-order valence-corrected chi connectivity index (χ2v) is 7.93. The highest BCUT2D eigenvalue weighted by atomic mass is 32.2. The monoisotopic (exact) mass is 417 g/mol. The van der Waals surface area contributed by atoms with Gasteiger partial charge < -0.3 is 5.11 Å². The molecule has 2 N–H and O–H groups in total. The fourth-order valence-corrected chi connectivity index (χ4v) is 4.11. The third-order valence-electron chi connectivity index (χ3n) is 4.33. The second kappa shape index (κ2) is 8.40. The van der Waals surface area contributed by atoms with Crippen LogP contribution in [0, 0.1) is 11.6 Å². The summed E-state index contributed by atoms with van der Waals surface area (Å²) in [6.45, 7) is 0. The topological polar surface area (TPSA) is 83.5 Å². The molecule has 0 unspecified atom stereocenters. The van der Waals surface area contributed by atoms with E-state index in [1.807, 2.05) is 0 Å². The maximum absolute atomic E-state index is 13.9. The lowest BCUT2D eigenvalue weighted by Crippen LogP contribution is -2.17. The second-order valence-electron chi connectivity index (χ2n) is 6.32. The van der Waals surface area contributed by atoms with Crippen molar-refractivity contribution in [3.63, 3.8) is 0 Å². The van der Waals surface area contributed by atoms with Crippen LogP contribution in [-0.2, 0) is 22.9 Å². The smallest absolute Gasteiger partial charge is 0.335 e. The summed E-state index contributed by atoms with van der Waals surface area (Å²) < 4.78 is 55.1. The summed E-state index contributed by atoms with van der Waals surface area (Å²) in [5, 5.41) is 8.94. The molecule has 0 bridgehead atoms. The van der Waals surface area contributed by atoms with Crippen molar-refractivity contribution in [2.45, 2.75) is 17.7 Å². The van der Waals surface area contributed by atoms with Crippen molar-refractivity contribution in [3.8, 4) is 0 Å². The van der Waals surface area contributed by atoms with Crippen molar-refractivity contribution in [2.75, 3.05) is 4.72 Å². The lowest BCUT2D eigenvalue weighted by Gasteiger charge is -2.13. The molecule has 0 radical (unpaired) electrons. The fourth-order valence-electron chi connectivity index (χ4n) is 2.87. The van der Waals surface area contributed by atoms with Crippen molar-refractivity contribution in [1.29, 1.82) is 0 Å². The molecule has 150 valence electrons. The third kappa shape index (κ3) is 4.78. The van der Waals surface area contributed by atoms with Crippen LogP contribution < -0.4 is 4.72 Å². The number of hydrogen-bond acceptors (Lipinski definition) is 3. The minimum absolute atomic E-state index is 0.175. The maximum Gasteiger partial charge on any atom is 0.335 e. The molecule has 3 rings (SSSR count). The highest BCUT2D eigenvalue weighted by Gasteiger charge is 2.24. The molecule has 0 atom stereocenters. The number of benzene rings is 3. The van der Waals surface area contributed by atoms with Gasteiger partial charge in [-0.15, -0.1) is 0 Å². The van der Waals surface area contributed by atoms with Gasteiger partial charge in [-0.2, -0.15) is 0 Å². The number of aromatic carboxylic acids is 1. The van der Waals surface area contributed by atoms with Gasteiger partial charge in [0.1, 0.15) is 11.6 Å². The molecule has 0 amide bonds. The zero-order valence-corrected chi connectivity index (χ0v) is 15.9. The van der Waals surface area contributed by atoms with E-state index < -0.39 is 32.5 Å². The molecular weight excluding hydrogens is 400 g/mol. The Balaban J connectivity index is 1.81. The average molecular weight is 417 g/mol. The summed E-state index contributed by atoms with van der Waals surface area (Å²) in [5.41, 5.74) is 1.90. The molecule has 0 aliphatic heterocycles. The summed E-state index contributed by atoms with van der Waals surface area (Å²) in [7, 11) is -4.46. The summed E-state index contributed by atoms with van der Waals surface area (Å²) >= 11 is 0. The molecule has 29 heavy (non-hydrogen) atoms. The van der Waals surface area contributed by atoms with Gasteiger partial charge in [0.2, 0.25) is 0 Å². The van der Waals surface area contributed by atoms with Crippen LogP contribution >= 0.6 is 0 Å². The Morgan fingerprint density at radius 3 is 2.10 bits per heavy atom. The van der Waals surface area contributed by atoms with Gasteiger partial charge in [0.25, 0.3) is 10.0 Å². The molecule has 0 aliphatic carbocycles. The maximum atomic E-state index is 13.9. The van der Waals surface area contributed by atoms with Crippen LogP contribution in [0.1, 0.15) is 21.5 Å². The Bertz CT molecular complexity index is 1130. The Morgan fingerprint density at radius 1 is 0.862 bits per heavy atom. The summed E-state index contributed by atoms with van der Waals surface area (Å²) in [4.78, 5) is 9.89. The highest BCUT2D eigenvalue weighted by Crippen LogP contribution is 2.24. The van der Waals surface area contributed by atoms with Gasteiger partial charge in [-0.25, -0.2) is 22.0 Å². The highest BCUT2D eigenvalue weighted by molar-refractivity contribution is 7.92. The molecule has 0 fully saturated rings. The molecule has 0 saturated carbocycles. The quantitative estimate of drug-likeness (QED) is 0.602. The van der Waals surface area contributed by atoms with Crippen LogP contribution in [0.15, 0.2) is 71.6 Å². The molecule has 0 saturated heterocycles. The van der Waals surface area contributed by atoms with Crippen molar-refractivity contribution in [3.05, 3.63) is 95.1 Å². The van der Waals surface area contributed by atoms with E-state index in [1.54, 1.807) is 30.3 Å². The first-order chi connectivity index (χ1) is 13.8. The van der Waals surface area contributed by atoms with Crippen LogP contribution in [0.3, 0.4) is 0 Å². The minimum Gasteiger partial charge on any atom is -0.478 e. The van der Waals surface area contributed by atoms with Crippen LogP contribution in [0.25, 0.3) is 0 Å². The van der Waals surface area contributed by atoms with Crippen LogP contribution in [0.4, 0.5) is 14.5 Å². The number of carbonyl (C=O) groups is 1. The number of carboxylic acids is 1. The number of halogens is 2. The van der Waals surface area contributed by atoms with Crippen molar-refractivity contribution >= 4 is 21.7 Å². The van der Waals surface area contributed by atoms with Crippen molar-refractivity contribution in [2.24, 2.45) is 0 Å². The number of sulfonamides is 1. The van der Waals surface area contributed by atoms with Gasteiger partial charge in [0, 0.05) is 0 Å². The van der Waals surface area contributed by atoms with Gasteiger partial charge in [-0.1, -0.05) is 36.4 Å². The van der Waals surface area contributed by atoms with E-state index in [0.29, 0.717) is 18.4 Å².